The predicted molar refractivity (Wildman–Crippen MR) is 318 cm³/mol. The number of aryl methyl sites for hydroxylation is 1. The van der Waals surface area contributed by atoms with Gasteiger partial charge in [0.25, 0.3) is 0 Å². The molecule has 5 nitrogen and oxygen atoms in total. The van der Waals surface area contributed by atoms with Gasteiger partial charge in [0.2, 0.25) is 0 Å². The summed E-state index contributed by atoms with van der Waals surface area (Å²) in [6.07, 6.45) is 6.25. The van der Waals surface area contributed by atoms with Crippen LogP contribution in [0.5, 0.6) is 11.5 Å². The topological polar surface area (TPSA) is 36.9 Å². The minimum absolute atomic E-state index is 0.0313. The van der Waals surface area contributed by atoms with Crippen molar-refractivity contribution in [1.29, 1.82) is 0 Å². The molecule has 0 saturated heterocycles. The molecule has 3 aromatic heterocycles. The van der Waals surface area contributed by atoms with Crippen molar-refractivity contribution in [1.82, 2.24) is 18.7 Å². The van der Waals surface area contributed by atoms with Crippen LogP contribution in [0.3, 0.4) is 0 Å². The molecular weight excluding hydrogens is 1120 g/mol. The zero-order chi connectivity index (χ0) is 53.4. The molecule has 1 aliphatic carbocycles. The predicted octanol–water partition coefficient (Wildman–Crippen LogP) is 19.0. The molecule has 77 heavy (non-hydrogen) atoms. The summed E-state index contributed by atoms with van der Waals surface area (Å²) in [5, 5.41) is 2.34. The van der Waals surface area contributed by atoms with Crippen LogP contribution in [0.2, 0.25) is 0 Å². The molecule has 0 spiro atoms. The third kappa shape index (κ3) is 9.45. The van der Waals surface area contributed by atoms with Gasteiger partial charge in [-0.05, 0) is 46.4 Å². The Labute approximate surface area is 465 Å². The molecule has 1 atom stereocenters. The Hall–Kier alpha value is -7.33. The first-order chi connectivity index (χ1) is 37.0. The monoisotopic (exact) mass is 1190 g/mol. The van der Waals surface area contributed by atoms with Gasteiger partial charge in [0.05, 0.1) is 0 Å². The van der Waals surface area contributed by atoms with Crippen LogP contribution >= 0.6 is 0 Å². The van der Waals surface area contributed by atoms with Crippen LogP contribution < -0.4 is 4.74 Å². The number of aromatic nitrogens is 4. The van der Waals surface area contributed by atoms with Gasteiger partial charge in [-0.15, -0.1) is 0 Å². The molecule has 11 aromatic rings. The molecule has 1 aliphatic rings. The second kappa shape index (κ2) is 19.6. The van der Waals surface area contributed by atoms with Gasteiger partial charge in [-0.2, -0.15) is 0 Å². The molecule has 0 bridgehead atoms. The Kier molecular flexibility index (Phi) is 12.8. The SMILES string of the molecule is CC(C)(C)c1cc(-c2cccc(-c3ccccc3)c2-n2[c](=[Pt])n(C3CCCCc4ccc(Oc5ccc6c7cc(-c8ccccc8)ccc7n(-c7cc(C(C)(C)C)ccn7)c6c5)cc43)c3ccccc32)cc(C(C)(C)C)c1. The van der Waals surface area contributed by atoms with E-state index in [-0.39, 0.29) is 22.3 Å². The van der Waals surface area contributed by atoms with Crippen molar-refractivity contribution in [2.75, 3.05) is 0 Å². The van der Waals surface area contributed by atoms with Gasteiger partial charge in [-0.1, -0.05) is 57.2 Å². The molecule has 0 aliphatic heterocycles. The zero-order valence-corrected chi connectivity index (χ0v) is 48.2. The molecule has 8 aromatic carbocycles. The van der Waals surface area contributed by atoms with Crippen LogP contribution in [0.15, 0.2) is 194 Å². The number of hydrogen-bond acceptors (Lipinski definition) is 2. The number of fused-ring (bicyclic) bond motifs is 5. The van der Waals surface area contributed by atoms with E-state index in [9.17, 15) is 0 Å². The Morgan fingerprint density at radius 3 is 1.81 bits per heavy atom. The minimum atomic E-state index is -0.0373. The maximum absolute atomic E-state index is 7.07. The molecule has 0 amide bonds. The van der Waals surface area contributed by atoms with Crippen molar-refractivity contribution < 1.29 is 24.1 Å². The first kappa shape index (κ1) is 50.5. The van der Waals surface area contributed by atoms with E-state index in [0.717, 1.165) is 59.4 Å². The summed E-state index contributed by atoms with van der Waals surface area (Å²) in [6.45, 7) is 20.8. The van der Waals surface area contributed by atoms with Crippen molar-refractivity contribution in [2.24, 2.45) is 0 Å². The van der Waals surface area contributed by atoms with Gasteiger partial charge in [0.1, 0.15) is 0 Å². The van der Waals surface area contributed by atoms with Crippen molar-refractivity contribution in [3.05, 3.63) is 226 Å². The number of hydrogen-bond donors (Lipinski definition) is 0. The number of nitrogens with zero attached hydrogens (tertiary/aromatic N) is 4. The molecule has 0 saturated carbocycles. The number of pyridine rings is 1. The van der Waals surface area contributed by atoms with Crippen LogP contribution in [0.25, 0.3) is 77.7 Å². The van der Waals surface area contributed by atoms with Gasteiger partial charge in [-0.25, -0.2) is 4.98 Å². The quantitative estimate of drug-likeness (QED) is 0.142. The van der Waals surface area contributed by atoms with Crippen molar-refractivity contribution in [2.45, 2.75) is 110 Å². The Bertz CT molecular complexity index is 4070. The summed E-state index contributed by atoms with van der Waals surface area (Å²) in [5.41, 5.74) is 19.5. The van der Waals surface area contributed by atoms with E-state index in [1.54, 1.807) is 0 Å². The van der Waals surface area contributed by atoms with E-state index in [4.69, 9.17) is 9.72 Å². The molecular formula is C71H68N4OPt. The molecule has 0 fully saturated rings. The summed E-state index contributed by atoms with van der Waals surface area (Å²) >= 11 is 2.65. The van der Waals surface area contributed by atoms with Crippen molar-refractivity contribution in [3.63, 3.8) is 0 Å². The van der Waals surface area contributed by atoms with E-state index in [1.165, 1.54) is 87.1 Å². The Morgan fingerprint density at radius 1 is 0.468 bits per heavy atom. The van der Waals surface area contributed by atoms with Crippen molar-refractivity contribution >= 4 is 32.8 Å². The zero-order valence-electron chi connectivity index (χ0n) is 45.9. The number of benzene rings is 8. The molecule has 0 N–H and O–H groups in total. The van der Waals surface area contributed by atoms with Gasteiger partial charge in [0.15, 0.2) is 0 Å². The molecule has 6 heteroatoms. The summed E-state index contributed by atoms with van der Waals surface area (Å²) in [7, 11) is 0. The van der Waals surface area contributed by atoms with Crippen LogP contribution in [0.1, 0.15) is 115 Å². The van der Waals surface area contributed by atoms with E-state index in [1.807, 2.05) is 6.20 Å². The fraction of sp³-hybridized carbons (Fsp3) is 0.239. The molecule has 1 unspecified atom stereocenters. The first-order valence-electron chi connectivity index (χ1n) is 27.4. The fourth-order valence-corrected chi connectivity index (χ4v) is 12.8. The van der Waals surface area contributed by atoms with E-state index < -0.39 is 0 Å². The van der Waals surface area contributed by atoms with Gasteiger partial charge >= 0.3 is 353 Å². The number of imidazole rings is 1. The third-order valence-corrected chi connectivity index (χ3v) is 17.0. The second-order valence-corrected chi connectivity index (χ2v) is 25.3. The van der Waals surface area contributed by atoms with Gasteiger partial charge < -0.3 is 0 Å². The number of ether oxygens (including phenoxy) is 1. The van der Waals surface area contributed by atoms with Gasteiger partial charge in [-0.3, -0.25) is 0 Å². The van der Waals surface area contributed by atoms with Crippen molar-refractivity contribution in [3.8, 4) is 56.4 Å². The van der Waals surface area contributed by atoms with Crippen LogP contribution in [0, 0.1) is 3.80 Å². The van der Waals surface area contributed by atoms with Crippen LogP contribution in [-0.4, -0.2) is 18.7 Å². The summed E-state index contributed by atoms with van der Waals surface area (Å²) < 4.78 is 15.7. The third-order valence-electron chi connectivity index (χ3n) is 15.9. The van der Waals surface area contributed by atoms with Gasteiger partial charge in [0, 0.05) is 6.20 Å². The summed E-state index contributed by atoms with van der Waals surface area (Å²) in [5.74, 6) is 2.52. The fourth-order valence-electron chi connectivity index (χ4n) is 11.7. The Morgan fingerprint density at radius 2 is 1.10 bits per heavy atom. The van der Waals surface area contributed by atoms with E-state index in [0.29, 0.717) is 0 Å². The molecule has 12 rings (SSSR count). The average molecular weight is 1190 g/mol. The maximum atomic E-state index is 7.07. The molecule has 0 radical (unpaired) electrons. The second-order valence-electron chi connectivity index (χ2n) is 24.3. The molecule has 3 heterocycles. The standard InChI is InChI=1S/C71H68N4O.Pt/c1-69(2,3)52-37-38-72-67(43-52)75-63-36-32-50(47-21-12-10-13-22-47)41-61(63)59-35-34-56(45-66(59)75)76-55-33-31-49-25-16-17-28-62(60(49)44-55)73-46-74(65-30-19-18-29-64(65)73)68-57(48-23-14-11-15-24-48)26-20-27-58(68)51-39-53(70(4,5)6)42-54(40-51)71(7,8)9;/h10-15,18-24,26-27,29-45,62H,16-17,25,28H2,1-9H3;. The van der Waals surface area contributed by atoms with E-state index >= 15 is 0 Å². The van der Waals surface area contributed by atoms with Crippen LogP contribution in [-0.2, 0) is 42.0 Å². The summed E-state index contributed by atoms with van der Waals surface area (Å²) in [4.78, 5) is 5.02. The first-order valence-corrected chi connectivity index (χ1v) is 28.6. The summed E-state index contributed by atoms with van der Waals surface area (Å²) in [6, 6.07) is 69.6. The van der Waals surface area contributed by atoms with E-state index in [2.05, 4.69) is 283 Å². The normalized spacial score (nSPS) is 14.3. The molecule has 388 valence electrons. The number of rotatable bonds is 8. The average Bonchev–Trinajstić information content (AvgIpc) is 4.08. The number of para-hydroxylation sites is 3. The van der Waals surface area contributed by atoms with Crippen LogP contribution in [0.4, 0.5) is 0 Å². The Balaban J connectivity index is 1.01.